The van der Waals surface area contributed by atoms with Crippen molar-refractivity contribution in [2.75, 3.05) is 18.1 Å². The topological polar surface area (TPSA) is 82.5 Å². The number of carbonyl (C=O) groups excluding carboxylic acids is 1. The first-order valence-electron chi connectivity index (χ1n) is 5.83. The molecule has 0 aliphatic carbocycles. The zero-order valence-electron chi connectivity index (χ0n) is 10.5. The number of rotatable bonds is 3. The summed E-state index contributed by atoms with van der Waals surface area (Å²) in [5.74, 6) is 0.274. The number of nitrogens with zero attached hydrogens (tertiary/aromatic N) is 2. The molecule has 104 valence electrons. The first-order chi connectivity index (χ1) is 9.09. The van der Waals surface area contributed by atoms with E-state index >= 15 is 0 Å². The molecule has 1 saturated heterocycles. The Labute approximate surface area is 119 Å². The van der Waals surface area contributed by atoms with Crippen LogP contribution >= 0.6 is 23.1 Å². The highest BCUT2D eigenvalue weighted by Gasteiger charge is 2.32. The molecule has 2 amide bonds. The van der Waals surface area contributed by atoms with Crippen molar-refractivity contribution in [2.45, 2.75) is 19.5 Å². The van der Waals surface area contributed by atoms with Gasteiger partial charge in [0.1, 0.15) is 6.04 Å². The van der Waals surface area contributed by atoms with Crippen molar-refractivity contribution >= 4 is 35.1 Å². The summed E-state index contributed by atoms with van der Waals surface area (Å²) in [6.07, 6.45) is 0. The molecule has 1 atom stereocenters. The normalized spacial score (nSPS) is 19.2. The van der Waals surface area contributed by atoms with Gasteiger partial charge in [0.2, 0.25) is 0 Å². The minimum atomic E-state index is -0.948. The number of aliphatic carboxylic acids is 1. The van der Waals surface area contributed by atoms with Crippen molar-refractivity contribution < 1.29 is 14.7 Å². The lowest BCUT2D eigenvalue weighted by Crippen LogP contribution is -2.53. The summed E-state index contributed by atoms with van der Waals surface area (Å²) in [5.41, 5.74) is 2.63. The van der Waals surface area contributed by atoms with Crippen LogP contribution < -0.4 is 5.32 Å². The van der Waals surface area contributed by atoms with Gasteiger partial charge in [0.25, 0.3) is 0 Å². The van der Waals surface area contributed by atoms with Gasteiger partial charge in [-0.2, -0.15) is 11.8 Å². The van der Waals surface area contributed by atoms with Crippen LogP contribution in [-0.2, 0) is 11.3 Å². The van der Waals surface area contributed by atoms with Crippen LogP contribution in [0.5, 0.6) is 0 Å². The maximum atomic E-state index is 12.0. The quantitative estimate of drug-likeness (QED) is 0.875. The second kappa shape index (κ2) is 6.25. The Morgan fingerprint density at radius 3 is 3.05 bits per heavy atom. The smallest absolute Gasteiger partial charge is 0.327 e. The number of carbonyl (C=O) groups is 2. The fraction of sp³-hybridized carbons (Fsp3) is 0.545. The molecule has 0 aromatic carbocycles. The Bertz CT molecular complexity index is 478. The van der Waals surface area contributed by atoms with Crippen LogP contribution in [0.4, 0.5) is 4.79 Å². The summed E-state index contributed by atoms with van der Waals surface area (Å²) >= 11 is 3.04. The SMILES string of the molecule is Cc1ncsc1CNC(=O)N1CCSCC1C(=O)O. The van der Waals surface area contributed by atoms with Gasteiger partial charge in [0.15, 0.2) is 0 Å². The van der Waals surface area contributed by atoms with E-state index in [0.717, 1.165) is 16.3 Å². The monoisotopic (exact) mass is 301 g/mol. The van der Waals surface area contributed by atoms with Gasteiger partial charge in [0, 0.05) is 22.9 Å². The van der Waals surface area contributed by atoms with E-state index in [9.17, 15) is 9.59 Å². The third-order valence-corrected chi connectivity index (χ3v) is 4.88. The maximum Gasteiger partial charge on any atom is 0.327 e. The largest absolute Gasteiger partial charge is 0.480 e. The second-order valence-electron chi connectivity index (χ2n) is 4.14. The summed E-state index contributed by atoms with van der Waals surface area (Å²) in [5, 5.41) is 11.9. The molecule has 0 spiro atoms. The minimum Gasteiger partial charge on any atom is -0.480 e. The lowest BCUT2D eigenvalue weighted by atomic mass is 10.3. The summed E-state index contributed by atoms with van der Waals surface area (Å²) in [6.45, 7) is 2.75. The van der Waals surface area contributed by atoms with Gasteiger partial charge < -0.3 is 15.3 Å². The zero-order chi connectivity index (χ0) is 13.8. The molecule has 1 fully saturated rings. The molecule has 1 aromatic heterocycles. The number of aryl methyl sites for hydroxylation is 1. The molecule has 1 aliphatic rings. The highest BCUT2D eigenvalue weighted by Crippen LogP contribution is 2.17. The molecule has 0 radical (unpaired) electrons. The molecule has 0 saturated carbocycles. The Morgan fingerprint density at radius 2 is 2.42 bits per heavy atom. The molecule has 1 aliphatic heterocycles. The maximum absolute atomic E-state index is 12.0. The highest BCUT2D eigenvalue weighted by molar-refractivity contribution is 7.99. The van der Waals surface area contributed by atoms with Crippen LogP contribution in [0.25, 0.3) is 0 Å². The van der Waals surface area contributed by atoms with E-state index in [1.54, 1.807) is 17.3 Å². The molecule has 19 heavy (non-hydrogen) atoms. The van der Waals surface area contributed by atoms with E-state index in [2.05, 4.69) is 10.3 Å². The summed E-state index contributed by atoms with van der Waals surface area (Å²) in [7, 11) is 0. The third-order valence-electron chi connectivity index (χ3n) is 2.92. The van der Waals surface area contributed by atoms with E-state index in [-0.39, 0.29) is 6.03 Å². The van der Waals surface area contributed by atoms with Crippen molar-refractivity contribution in [2.24, 2.45) is 0 Å². The van der Waals surface area contributed by atoms with Crippen LogP contribution in [-0.4, -0.2) is 51.1 Å². The Hall–Kier alpha value is -1.28. The first kappa shape index (κ1) is 14.1. The standard InChI is InChI=1S/C11H15N3O3S2/c1-7-9(19-6-13-7)4-12-11(17)14-2-3-18-5-8(14)10(15)16/h6,8H,2-5H2,1H3,(H,12,17)(H,15,16). The van der Waals surface area contributed by atoms with E-state index in [0.29, 0.717) is 18.8 Å². The van der Waals surface area contributed by atoms with Crippen LogP contribution in [0.3, 0.4) is 0 Å². The lowest BCUT2D eigenvalue weighted by molar-refractivity contribution is -0.141. The Balaban J connectivity index is 1.94. The number of thioether (sulfide) groups is 1. The van der Waals surface area contributed by atoms with Crippen LogP contribution in [0, 0.1) is 6.92 Å². The molecule has 1 unspecified atom stereocenters. The Kier molecular flexibility index (Phi) is 4.65. The number of amides is 2. The summed E-state index contributed by atoms with van der Waals surface area (Å²) in [6, 6.07) is -1.05. The molecule has 6 nitrogen and oxygen atoms in total. The fourth-order valence-corrected chi connectivity index (χ4v) is 3.56. The van der Waals surface area contributed by atoms with Crippen molar-refractivity contribution in [3.63, 3.8) is 0 Å². The molecule has 0 bridgehead atoms. The Morgan fingerprint density at radius 1 is 1.63 bits per heavy atom. The van der Waals surface area contributed by atoms with E-state index in [1.165, 1.54) is 16.2 Å². The number of nitrogens with one attached hydrogen (secondary N) is 1. The van der Waals surface area contributed by atoms with Gasteiger partial charge in [-0.1, -0.05) is 0 Å². The van der Waals surface area contributed by atoms with Crippen molar-refractivity contribution in [1.82, 2.24) is 15.2 Å². The van der Waals surface area contributed by atoms with Gasteiger partial charge >= 0.3 is 12.0 Å². The number of hydrogen-bond acceptors (Lipinski definition) is 5. The lowest BCUT2D eigenvalue weighted by Gasteiger charge is -2.32. The van der Waals surface area contributed by atoms with E-state index in [4.69, 9.17) is 5.11 Å². The fourth-order valence-electron chi connectivity index (χ4n) is 1.80. The minimum absolute atomic E-state index is 0.319. The highest BCUT2D eigenvalue weighted by atomic mass is 32.2. The van der Waals surface area contributed by atoms with Crippen LogP contribution in [0.15, 0.2) is 5.51 Å². The van der Waals surface area contributed by atoms with Crippen molar-refractivity contribution in [3.05, 3.63) is 16.1 Å². The molecule has 2 rings (SSSR count). The average molecular weight is 301 g/mol. The predicted molar refractivity (Wildman–Crippen MR) is 74.5 cm³/mol. The first-order valence-corrected chi connectivity index (χ1v) is 7.87. The third kappa shape index (κ3) is 3.38. The number of carboxylic acid groups (broad SMARTS) is 1. The zero-order valence-corrected chi connectivity index (χ0v) is 12.1. The molecular formula is C11H15N3O3S2. The number of aromatic nitrogens is 1. The molecule has 2 N–H and O–H groups in total. The van der Waals surface area contributed by atoms with Gasteiger partial charge in [-0.15, -0.1) is 11.3 Å². The summed E-state index contributed by atoms with van der Waals surface area (Å²) in [4.78, 5) is 29.7. The van der Waals surface area contributed by atoms with Crippen LogP contribution in [0.2, 0.25) is 0 Å². The molecule has 8 heteroatoms. The molecule has 1 aromatic rings. The van der Waals surface area contributed by atoms with E-state index in [1.807, 2.05) is 6.92 Å². The number of hydrogen-bond donors (Lipinski definition) is 2. The number of urea groups is 1. The molecule has 2 heterocycles. The van der Waals surface area contributed by atoms with Crippen molar-refractivity contribution in [1.29, 1.82) is 0 Å². The second-order valence-corrected chi connectivity index (χ2v) is 6.23. The predicted octanol–water partition coefficient (Wildman–Crippen LogP) is 1.16. The van der Waals surface area contributed by atoms with Gasteiger partial charge in [-0.05, 0) is 6.92 Å². The molecular weight excluding hydrogens is 286 g/mol. The van der Waals surface area contributed by atoms with Gasteiger partial charge in [-0.3, -0.25) is 0 Å². The van der Waals surface area contributed by atoms with E-state index < -0.39 is 12.0 Å². The number of carboxylic acids is 1. The van der Waals surface area contributed by atoms with Gasteiger partial charge in [0.05, 0.1) is 17.7 Å². The van der Waals surface area contributed by atoms with Crippen LogP contribution in [0.1, 0.15) is 10.6 Å². The summed E-state index contributed by atoms with van der Waals surface area (Å²) < 4.78 is 0. The average Bonchev–Trinajstić information content (AvgIpc) is 2.81. The number of thiazole rings is 1. The van der Waals surface area contributed by atoms with Gasteiger partial charge in [-0.25, -0.2) is 14.6 Å². The van der Waals surface area contributed by atoms with Crippen molar-refractivity contribution in [3.8, 4) is 0 Å².